The van der Waals surface area contributed by atoms with Gasteiger partial charge in [0.15, 0.2) is 5.16 Å². The molecule has 132 valence electrons. The molecule has 0 unspecified atom stereocenters. The maximum atomic E-state index is 13.2. The molecule has 0 bridgehead atoms. The van der Waals surface area contributed by atoms with Crippen molar-refractivity contribution in [2.75, 3.05) is 0 Å². The van der Waals surface area contributed by atoms with Gasteiger partial charge in [-0.2, -0.15) is 0 Å². The van der Waals surface area contributed by atoms with E-state index in [2.05, 4.69) is 11.9 Å². The minimum Gasteiger partial charge on any atom is -0.286 e. The van der Waals surface area contributed by atoms with Crippen molar-refractivity contribution in [2.45, 2.75) is 43.6 Å². The van der Waals surface area contributed by atoms with Crippen LogP contribution in [0.15, 0.2) is 39.6 Å². The number of thioether (sulfide) groups is 1. The number of rotatable bonds is 7. The molecule has 3 nitrogen and oxygen atoms in total. The predicted molar refractivity (Wildman–Crippen MR) is 104 cm³/mol. The summed E-state index contributed by atoms with van der Waals surface area (Å²) in [5.74, 6) is 0.183. The Balaban J connectivity index is 1.90. The highest BCUT2D eigenvalue weighted by Crippen LogP contribution is 2.27. The fraction of sp³-hybridized carbons (Fsp3) is 0.333. The van der Waals surface area contributed by atoms with E-state index in [4.69, 9.17) is 11.6 Å². The molecule has 0 aliphatic heterocycles. The summed E-state index contributed by atoms with van der Waals surface area (Å²) in [4.78, 5) is 17.4. The lowest BCUT2D eigenvalue weighted by atomic mass is 10.2. The first-order chi connectivity index (χ1) is 12.1. The van der Waals surface area contributed by atoms with Gasteiger partial charge < -0.3 is 0 Å². The zero-order chi connectivity index (χ0) is 17.8. The van der Waals surface area contributed by atoms with Crippen LogP contribution in [0.1, 0.15) is 31.7 Å². The molecule has 2 heterocycles. The molecule has 0 spiro atoms. The number of unbranched alkanes of at least 4 members (excludes halogenated alkanes) is 2. The SMILES string of the molecule is CCCCCn1c(SCc2ccc(F)cc2Cl)nc2ccsc2c1=O. The average molecular weight is 397 g/mol. The Bertz CT molecular complexity index is 938. The van der Waals surface area contributed by atoms with Gasteiger partial charge in [0.05, 0.1) is 5.52 Å². The van der Waals surface area contributed by atoms with E-state index >= 15 is 0 Å². The van der Waals surface area contributed by atoms with Crippen LogP contribution in [0.25, 0.3) is 10.2 Å². The van der Waals surface area contributed by atoms with Crippen molar-refractivity contribution in [2.24, 2.45) is 0 Å². The molecule has 7 heteroatoms. The minimum absolute atomic E-state index is 0.0174. The molecule has 0 saturated carbocycles. The van der Waals surface area contributed by atoms with E-state index in [1.54, 1.807) is 10.6 Å². The molecule has 0 atom stereocenters. The predicted octanol–water partition coefficient (Wildman–Crippen LogP) is 5.73. The zero-order valence-corrected chi connectivity index (χ0v) is 16.2. The molecule has 0 saturated heterocycles. The van der Waals surface area contributed by atoms with E-state index < -0.39 is 0 Å². The second-order valence-corrected chi connectivity index (χ2v) is 7.98. The average Bonchev–Trinajstić information content (AvgIpc) is 3.05. The summed E-state index contributed by atoms with van der Waals surface area (Å²) in [5.41, 5.74) is 1.58. The Morgan fingerprint density at radius 1 is 1.32 bits per heavy atom. The lowest BCUT2D eigenvalue weighted by Crippen LogP contribution is -2.22. The Hall–Kier alpha value is -1.37. The molecule has 1 aromatic carbocycles. The molecule has 2 aromatic heterocycles. The lowest BCUT2D eigenvalue weighted by molar-refractivity contribution is 0.542. The normalized spacial score (nSPS) is 11.3. The van der Waals surface area contributed by atoms with Gasteiger partial charge in [0.25, 0.3) is 5.56 Å². The highest BCUT2D eigenvalue weighted by Gasteiger charge is 2.13. The molecular weight excluding hydrogens is 379 g/mol. The highest BCUT2D eigenvalue weighted by molar-refractivity contribution is 7.98. The number of thiophene rings is 1. The summed E-state index contributed by atoms with van der Waals surface area (Å²) < 4.78 is 15.6. The first-order valence-corrected chi connectivity index (χ1v) is 10.4. The van der Waals surface area contributed by atoms with E-state index in [1.165, 1.54) is 35.2 Å². The lowest BCUT2D eigenvalue weighted by Gasteiger charge is -2.12. The Morgan fingerprint density at radius 2 is 2.16 bits per heavy atom. The molecule has 0 aliphatic rings. The fourth-order valence-corrected chi connectivity index (χ4v) is 4.65. The molecule has 0 N–H and O–H groups in total. The molecule has 3 aromatic rings. The van der Waals surface area contributed by atoms with Gasteiger partial charge in [-0.05, 0) is 35.6 Å². The van der Waals surface area contributed by atoms with E-state index in [-0.39, 0.29) is 11.4 Å². The highest BCUT2D eigenvalue weighted by atomic mass is 35.5. The summed E-state index contributed by atoms with van der Waals surface area (Å²) in [7, 11) is 0. The second kappa shape index (κ2) is 8.34. The molecule has 25 heavy (non-hydrogen) atoms. The monoisotopic (exact) mass is 396 g/mol. The third-order valence-corrected chi connectivity index (χ3v) is 6.16. The fourth-order valence-electron chi connectivity index (χ4n) is 2.53. The number of halogens is 2. The Labute approximate surface area is 158 Å². The third kappa shape index (κ3) is 4.25. The quantitative estimate of drug-likeness (QED) is 0.290. The number of aromatic nitrogens is 2. The molecule has 3 rings (SSSR count). The van der Waals surface area contributed by atoms with Crippen molar-refractivity contribution in [3.8, 4) is 0 Å². The number of benzene rings is 1. The van der Waals surface area contributed by atoms with Crippen molar-refractivity contribution < 1.29 is 4.39 Å². The first-order valence-electron chi connectivity index (χ1n) is 8.15. The van der Waals surface area contributed by atoms with Crippen LogP contribution < -0.4 is 5.56 Å². The van der Waals surface area contributed by atoms with Gasteiger partial charge in [-0.1, -0.05) is 49.2 Å². The van der Waals surface area contributed by atoms with Crippen LogP contribution in [0.3, 0.4) is 0 Å². The van der Waals surface area contributed by atoms with Crippen LogP contribution in [-0.2, 0) is 12.3 Å². The number of hydrogen-bond acceptors (Lipinski definition) is 4. The van der Waals surface area contributed by atoms with E-state index in [0.29, 0.717) is 27.2 Å². The van der Waals surface area contributed by atoms with E-state index in [1.807, 2.05) is 11.4 Å². The van der Waals surface area contributed by atoms with Crippen LogP contribution in [0.4, 0.5) is 4.39 Å². The number of fused-ring (bicyclic) bond motifs is 1. The van der Waals surface area contributed by atoms with Crippen molar-refractivity contribution in [1.82, 2.24) is 9.55 Å². The standard InChI is InChI=1S/C18H18ClFN2OS2/c1-2-3-4-8-22-17(23)16-15(7-9-24-16)21-18(22)25-11-12-5-6-13(20)10-14(12)19/h5-7,9-10H,2-4,8,11H2,1H3. The molecular formula is C18H18ClFN2OS2. The number of hydrogen-bond donors (Lipinski definition) is 0. The second-order valence-electron chi connectivity index (χ2n) is 5.72. The first kappa shape index (κ1) is 18.4. The third-order valence-electron chi connectivity index (χ3n) is 3.89. The Morgan fingerprint density at radius 3 is 2.92 bits per heavy atom. The van der Waals surface area contributed by atoms with Gasteiger partial charge in [-0.15, -0.1) is 11.3 Å². The number of nitrogens with zero attached hydrogens (tertiary/aromatic N) is 2. The van der Waals surface area contributed by atoms with Crippen molar-refractivity contribution >= 4 is 44.9 Å². The maximum absolute atomic E-state index is 13.2. The maximum Gasteiger partial charge on any atom is 0.272 e. The summed E-state index contributed by atoms with van der Waals surface area (Å²) in [5, 5.41) is 2.97. The summed E-state index contributed by atoms with van der Waals surface area (Å²) in [6.07, 6.45) is 3.11. The molecule has 0 radical (unpaired) electrons. The van der Waals surface area contributed by atoms with Crippen molar-refractivity contribution in [3.05, 3.63) is 56.4 Å². The van der Waals surface area contributed by atoms with E-state index in [0.717, 1.165) is 30.3 Å². The summed E-state index contributed by atoms with van der Waals surface area (Å²) >= 11 is 8.99. The van der Waals surface area contributed by atoms with Gasteiger partial charge in [0.2, 0.25) is 0 Å². The van der Waals surface area contributed by atoms with Crippen LogP contribution >= 0.6 is 34.7 Å². The van der Waals surface area contributed by atoms with Crippen LogP contribution in [-0.4, -0.2) is 9.55 Å². The summed E-state index contributed by atoms with van der Waals surface area (Å²) in [6, 6.07) is 6.24. The van der Waals surface area contributed by atoms with Crippen LogP contribution in [0.5, 0.6) is 0 Å². The van der Waals surface area contributed by atoms with E-state index in [9.17, 15) is 9.18 Å². The smallest absolute Gasteiger partial charge is 0.272 e. The largest absolute Gasteiger partial charge is 0.286 e. The van der Waals surface area contributed by atoms with Gasteiger partial charge in [0.1, 0.15) is 10.5 Å². The molecule has 0 aliphatic carbocycles. The summed E-state index contributed by atoms with van der Waals surface area (Å²) in [6.45, 7) is 2.79. The minimum atomic E-state index is -0.354. The van der Waals surface area contributed by atoms with Crippen LogP contribution in [0.2, 0.25) is 5.02 Å². The van der Waals surface area contributed by atoms with Gasteiger partial charge in [-0.3, -0.25) is 9.36 Å². The molecule has 0 fully saturated rings. The van der Waals surface area contributed by atoms with Gasteiger partial charge >= 0.3 is 0 Å². The Kier molecular flexibility index (Phi) is 6.15. The zero-order valence-electron chi connectivity index (χ0n) is 13.8. The van der Waals surface area contributed by atoms with Crippen LogP contribution in [0, 0.1) is 5.82 Å². The van der Waals surface area contributed by atoms with Crippen molar-refractivity contribution in [3.63, 3.8) is 0 Å². The van der Waals surface area contributed by atoms with Gasteiger partial charge in [0, 0.05) is 17.3 Å². The molecule has 0 amide bonds. The van der Waals surface area contributed by atoms with Crippen molar-refractivity contribution in [1.29, 1.82) is 0 Å². The van der Waals surface area contributed by atoms with Gasteiger partial charge in [-0.25, -0.2) is 9.37 Å². The topological polar surface area (TPSA) is 34.9 Å².